The van der Waals surface area contributed by atoms with Gasteiger partial charge in [-0.1, -0.05) is 12.1 Å². The maximum atomic E-state index is 11.8. The van der Waals surface area contributed by atoms with E-state index in [1.807, 2.05) is 38.1 Å². The van der Waals surface area contributed by atoms with Crippen molar-refractivity contribution in [3.05, 3.63) is 29.8 Å². The molecule has 2 rings (SSSR count). The van der Waals surface area contributed by atoms with E-state index in [0.717, 1.165) is 11.3 Å². The number of guanidine groups is 1. The summed E-state index contributed by atoms with van der Waals surface area (Å²) in [5.41, 5.74) is 0.865. The van der Waals surface area contributed by atoms with E-state index in [2.05, 4.69) is 15.6 Å². The summed E-state index contributed by atoms with van der Waals surface area (Å²) in [7, 11) is 1.63. The molecule has 1 fully saturated rings. The van der Waals surface area contributed by atoms with Gasteiger partial charge in [0.2, 0.25) is 0 Å². The fraction of sp³-hybridized carbons (Fsp3) is 0.385. The van der Waals surface area contributed by atoms with Crippen LogP contribution in [0.2, 0.25) is 0 Å². The molecule has 0 aliphatic carbocycles. The molecule has 0 spiro atoms. The Balaban J connectivity index is 2.21. The van der Waals surface area contributed by atoms with E-state index >= 15 is 0 Å². The molecule has 5 nitrogen and oxygen atoms in total. The molecule has 0 bridgehead atoms. The fourth-order valence-corrected chi connectivity index (χ4v) is 1.82. The van der Waals surface area contributed by atoms with Crippen molar-refractivity contribution in [2.45, 2.75) is 26.0 Å². The van der Waals surface area contributed by atoms with Gasteiger partial charge in [-0.25, -0.2) is 0 Å². The van der Waals surface area contributed by atoms with Crippen LogP contribution < -0.4 is 15.4 Å². The number of hydrogen-bond acceptors (Lipinski definition) is 3. The van der Waals surface area contributed by atoms with Crippen molar-refractivity contribution in [3.63, 3.8) is 0 Å². The van der Waals surface area contributed by atoms with Crippen molar-refractivity contribution < 1.29 is 9.53 Å². The van der Waals surface area contributed by atoms with Gasteiger partial charge in [0.1, 0.15) is 11.8 Å². The zero-order valence-electron chi connectivity index (χ0n) is 10.7. The topological polar surface area (TPSA) is 62.7 Å². The van der Waals surface area contributed by atoms with Crippen molar-refractivity contribution >= 4 is 11.9 Å². The van der Waals surface area contributed by atoms with Crippen LogP contribution >= 0.6 is 0 Å². The Morgan fingerprint density at radius 3 is 2.78 bits per heavy atom. The minimum absolute atomic E-state index is 0.0997. The monoisotopic (exact) mass is 247 g/mol. The summed E-state index contributed by atoms with van der Waals surface area (Å²) in [4.78, 5) is 15.7. The van der Waals surface area contributed by atoms with E-state index < -0.39 is 6.04 Å². The standard InChI is InChI=1S/C13H17N3O2/c1-8(2)18-10-6-4-5-9(7-10)11-12(17)16-13(14-3)15-11/h4-8,11H,1-3H3,(H2,14,15,16,17). The normalized spacial score (nSPS) is 21.0. The molecule has 1 unspecified atom stereocenters. The van der Waals surface area contributed by atoms with Gasteiger partial charge in [0.05, 0.1) is 6.10 Å². The molecule has 5 heteroatoms. The highest BCUT2D eigenvalue weighted by Gasteiger charge is 2.29. The minimum Gasteiger partial charge on any atom is -0.491 e. The molecule has 0 aromatic heterocycles. The van der Waals surface area contributed by atoms with Gasteiger partial charge < -0.3 is 10.1 Å². The Hall–Kier alpha value is -2.04. The van der Waals surface area contributed by atoms with E-state index in [-0.39, 0.29) is 12.0 Å². The van der Waals surface area contributed by atoms with Crippen LogP contribution in [0.3, 0.4) is 0 Å². The smallest absolute Gasteiger partial charge is 0.253 e. The van der Waals surface area contributed by atoms with Crippen molar-refractivity contribution in [2.75, 3.05) is 7.05 Å². The van der Waals surface area contributed by atoms with Crippen molar-refractivity contribution in [1.82, 2.24) is 10.6 Å². The van der Waals surface area contributed by atoms with Crippen LogP contribution in [0, 0.1) is 0 Å². The average Bonchev–Trinajstić information content (AvgIpc) is 2.70. The number of rotatable bonds is 3. The molecular weight excluding hydrogens is 230 g/mol. The number of hydrogen-bond donors (Lipinski definition) is 2. The second kappa shape index (κ2) is 5.08. The molecule has 1 aliphatic heterocycles. The number of ether oxygens (including phenoxy) is 1. The van der Waals surface area contributed by atoms with Crippen LogP contribution in [0.1, 0.15) is 25.5 Å². The van der Waals surface area contributed by atoms with E-state index in [1.165, 1.54) is 0 Å². The van der Waals surface area contributed by atoms with Crippen LogP contribution in [0.5, 0.6) is 5.75 Å². The lowest BCUT2D eigenvalue weighted by Gasteiger charge is -2.13. The quantitative estimate of drug-likeness (QED) is 0.844. The first kappa shape index (κ1) is 12.4. The third-order valence-electron chi connectivity index (χ3n) is 2.57. The first-order chi connectivity index (χ1) is 8.60. The number of benzene rings is 1. The van der Waals surface area contributed by atoms with Gasteiger partial charge in [-0.3, -0.25) is 15.1 Å². The SMILES string of the molecule is CN=C1NC(=O)C(c2cccc(OC(C)C)c2)N1. The van der Waals surface area contributed by atoms with Gasteiger partial charge in [0, 0.05) is 7.05 Å². The second-order valence-electron chi connectivity index (χ2n) is 4.38. The summed E-state index contributed by atoms with van der Waals surface area (Å²) in [5, 5.41) is 5.69. The lowest BCUT2D eigenvalue weighted by molar-refractivity contribution is -0.120. The summed E-state index contributed by atoms with van der Waals surface area (Å²) >= 11 is 0. The van der Waals surface area contributed by atoms with Crippen LogP contribution in [0.15, 0.2) is 29.3 Å². The highest BCUT2D eigenvalue weighted by Crippen LogP contribution is 2.22. The molecule has 1 aromatic carbocycles. The summed E-state index contributed by atoms with van der Waals surface area (Å²) in [6.45, 7) is 3.93. The maximum absolute atomic E-state index is 11.8. The minimum atomic E-state index is -0.403. The summed E-state index contributed by atoms with van der Waals surface area (Å²) in [6, 6.07) is 7.12. The zero-order chi connectivity index (χ0) is 13.1. The largest absolute Gasteiger partial charge is 0.491 e. The van der Waals surface area contributed by atoms with Gasteiger partial charge in [0.25, 0.3) is 5.91 Å². The van der Waals surface area contributed by atoms with Crippen LogP contribution in [0.4, 0.5) is 0 Å². The third kappa shape index (κ3) is 2.61. The molecule has 0 radical (unpaired) electrons. The first-order valence-electron chi connectivity index (χ1n) is 5.91. The fourth-order valence-electron chi connectivity index (χ4n) is 1.82. The van der Waals surface area contributed by atoms with Gasteiger partial charge in [0.15, 0.2) is 5.96 Å². The van der Waals surface area contributed by atoms with Gasteiger partial charge >= 0.3 is 0 Å². The molecule has 2 N–H and O–H groups in total. The Morgan fingerprint density at radius 1 is 1.39 bits per heavy atom. The molecule has 18 heavy (non-hydrogen) atoms. The predicted molar refractivity (Wildman–Crippen MR) is 69.6 cm³/mol. The van der Waals surface area contributed by atoms with E-state index in [9.17, 15) is 4.79 Å². The Kier molecular flexibility index (Phi) is 3.50. The highest BCUT2D eigenvalue weighted by molar-refractivity contribution is 6.06. The van der Waals surface area contributed by atoms with Crippen LogP contribution in [-0.4, -0.2) is 25.0 Å². The van der Waals surface area contributed by atoms with Gasteiger partial charge in [-0.2, -0.15) is 0 Å². The van der Waals surface area contributed by atoms with Crippen molar-refractivity contribution in [2.24, 2.45) is 4.99 Å². The molecule has 1 heterocycles. The molecule has 1 aromatic rings. The van der Waals surface area contributed by atoms with Crippen LogP contribution in [-0.2, 0) is 4.79 Å². The molecule has 0 saturated carbocycles. The van der Waals surface area contributed by atoms with Crippen molar-refractivity contribution in [3.8, 4) is 5.75 Å². The summed E-state index contributed by atoms with van der Waals surface area (Å²) < 4.78 is 5.61. The van der Waals surface area contributed by atoms with E-state index in [0.29, 0.717) is 5.96 Å². The molecule has 96 valence electrons. The molecule has 1 amide bonds. The van der Waals surface area contributed by atoms with E-state index in [1.54, 1.807) is 7.05 Å². The lowest BCUT2D eigenvalue weighted by Crippen LogP contribution is -2.24. The Bertz CT molecular complexity index is 483. The predicted octanol–water partition coefficient (Wildman–Crippen LogP) is 1.22. The number of aliphatic imine (C=N–C) groups is 1. The average molecular weight is 247 g/mol. The lowest BCUT2D eigenvalue weighted by atomic mass is 10.1. The molecular formula is C13H17N3O2. The highest BCUT2D eigenvalue weighted by atomic mass is 16.5. The second-order valence-corrected chi connectivity index (χ2v) is 4.38. The number of nitrogens with zero attached hydrogens (tertiary/aromatic N) is 1. The summed E-state index contributed by atoms with van der Waals surface area (Å²) in [6.07, 6.45) is 0.110. The number of amides is 1. The van der Waals surface area contributed by atoms with Crippen molar-refractivity contribution in [1.29, 1.82) is 0 Å². The van der Waals surface area contributed by atoms with Crippen LogP contribution in [0.25, 0.3) is 0 Å². The first-order valence-corrected chi connectivity index (χ1v) is 5.91. The molecule has 1 saturated heterocycles. The number of nitrogens with one attached hydrogen (secondary N) is 2. The molecule has 1 atom stereocenters. The molecule has 1 aliphatic rings. The third-order valence-corrected chi connectivity index (χ3v) is 2.57. The van der Waals surface area contributed by atoms with Gasteiger partial charge in [-0.15, -0.1) is 0 Å². The zero-order valence-corrected chi connectivity index (χ0v) is 10.7. The number of carbonyl (C=O) groups is 1. The van der Waals surface area contributed by atoms with Gasteiger partial charge in [-0.05, 0) is 31.5 Å². The number of carbonyl (C=O) groups excluding carboxylic acids is 1. The summed E-state index contributed by atoms with van der Waals surface area (Å²) in [5.74, 6) is 1.16. The Morgan fingerprint density at radius 2 is 2.17 bits per heavy atom. The van der Waals surface area contributed by atoms with E-state index in [4.69, 9.17) is 4.74 Å². The Labute approximate surface area is 106 Å². The maximum Gasteiger partial charge on any atom is 0.253 e.